The van der Waals surface area contributed by atoms with Crippen LogP contribution in [-0.4, -0.2) is 45.5 Å². The predicted octanol–water partition coefficient (Wildman–Crippen LogP) is 3.83. The number of nitrogens with one attached hydrogen (secondary N) is 1. The second kappa shape index (κ2) is 8.70. The minimum atomic E-state index is -1.66. The number of anilines is 1. The molecule has 0 spiro atoms. The number of aromatic hydroxyl groups is 1. The van der Waals surface area contributed by atoms with Gasteiger partial charge in [0.2, 0.25) is 11.8 Å². The largest absolute Gasteiger partial charge is 0.508 e. The zero-order valence-electron chi connectivity index (χ0n) is 16.9. The van der Waals surface area contributed by atoms with E-state index in [1.165, 1.54) is 23.9 Å². The van der Waals surface area contributed by atoms with Crippen molar-refractivity contribution in [3.05, 3.63) is 57.5 Å². The third-order valence-corrected chi connectivity index (χ3v) is 7.47. The second-order valence-electron chi connectivity index (χ2n) is 7.84. The Balaban J connectivity index is 1.89. The van der Waals surface area contributed by atoms with Crippen molar-refractivity contribution in [1.82, 2.24) is 5.32 Å². The van der Waals surface area contributed by atoms with E-state index in [9.17, 15) is 24.6 Å². The molecule has 2 fully saturated rings. The summed E-state index contributed by atoms with van der Waals surface area (Å²) in [5.74, 6) is -4.06. The van der Waals surface area contributed by atoms with Gasteiger partial charge in [0.05, 0.1) is 17.5 Å². The zero-order valence-corrected chi connectivity index (χ0v) is 20.1. The van der Waals surface area contributed by atoms with Crippen molar-refractivity contribution in [2.45, 2.75) is 18.0 Å². The molecule has 7 nitrogen and oxygen atoms in total. The van der Waals surface area contributed by atoms with Gasteiger partial charge in [-0.05, 0) is 54.8 Å². The third kappa shape index (κ3) is 3.61. The summed E-state index contributed by atoms with van der Waals surface area (Å²) in [6, 6.07) is 10.2. The molecule has 2 aromatic rings. The number of aliphatic carboxylic acids is 1. The van der Waals surface area contributed by atoms with Crippen molar-refractivity contribution in [1.29, 1.82) is 0 Å². The predicted molar refractivity (Wildman–Crippen MR) is 126 cm³/mol. The van der Waals surface area contributed by atoms with E-state index in [4.69, 9.17) is 11.6 Å². The lowest BCUT2D eigenvalue weighted by molar-refractivity contribution is -0.148. The molecule has 2 aliphatic rings. The molecule has 2 heterocycles. The van der Waals surface area contributed by atoms with Gasteiger partial charge < -0.3 is 10.2 Å². The molecule has 0 aliphatic carbocycles. The molecule has 32 heavy (non-hydrogen) atoms. The maximum Gasteiger partial charge on any atom is 0.324 e. The summed E-state index contributed by atoms with van der Waals surface area (Å²) < 4.78 is 0.657. The van der Waals surface area contributed by atoms with Gasteiger partial charge in [0.25, 0.3) is 0 Å². The van der Waals surface area contributed by atoms with Crippen molar-refractivity contribution >= 4 is 62.8 Å². The van der Waals surface area contributed by atoms with Crippen molar-refractivity contribution in [2.24, 2.45) is 11.8 Å². The molecule has 2 aliphatic heterocycles. The highest BCUT2D eigenvalue weighted by Crippen LogP contribution is 2.52. The Bertz CT molecular complexity index is 1120. The average molecular weight is 540 g/mol. The molecule has 0 radical (unpaired) electrons. The lowest BCUT2D eigenvalue weighted by Crippen LogP contribution is -2.56. The number of nitrogens with zero attached hydrogens (tertiary/aromatic N) is 1. The SMILES string of the molecule is CSCC[C@]1(C(=O)O)N[C@H](c2cc(Br)ccc2O)[C@H]2C(=O)N(c3cccc(Cl)c3)C(=O)[C@H]21. The minimum Gasteiger partial charge on any atom is -0.508 e. The topological polar surface area (TPSA) is 107 Å². The Morgan fingerprint density at radius 3 is 2.66 bits per heavy atom. The number of hydrogen-bond donors (Lipinski definition) is 3. The first kappa shape index (κ1) is 23.1. The van der Waals surface area contributed by atoms with Crippen LogP contribution in [0.4, 0.5) is 5.69 Å². The molecule has 2 amide bonds. The van der Waals surface area contributed by atoms with E-state index in [-0.39, 0.29) is 12.2 Å². The molecule has 10 heteroatoms. The molecule has 4 rings (SSSR count). The van der Waals surface area contributed by atoms with Gasteiger partial charge in [0, 0.05) is 21.1 Å². The highest BCUT2D eigenvalue weighted by molar-refractivity contribution is 9.10. The third-order valence-electron chi connectivity index (χ3n) is 6.13. The van der Waals surface area contributed by atoms with Crippen LogP contribution in [0, 0.1) is 11.8 Å². The minimum absolute atomic E-state index is 0.0861. The number of fused-ring (bicyclic) bond motifs is 1. The standard InChI is InChI=1S/C22H20BrClN2O5S/c1-32-8-7-22(21(30)31)17-16(18(25-22)14-9-11(23)5-6-15(14)27)19(28)26(20(17)29)13-4-2-3-12(24)10-13/h2-6,9-10,16-18,25,27H,7-8H2,1H3,(H,30,31)/t16-,17-,18+,22-/m0/s1. The summed E-state index contributed by atoms with van der Waals surface area (Å²) in [6.45, 7) is 0. The number of amides is 2. The van der Waals surface area contributed by atoms with E-state index in [1.54, 1.807) is 30.3 Å². The molecule has 0 saturated carbocycles. The Hall–Kier alpha value is -2.07. The summed E-state index contributed by atoms with van der Waals surface area (Å²) in [7, 11) is 0. The number of carboxylic acid groups (broad SMARTS) is 1. The first-order valence-corrected chi connectivity index (χ1v) is 12.4. The smallest absolute Gasteiger partial charge is 0.324 e. The van der Waals surface area contributed by atoms with Crippen LogP contribution in [0.5, 0.6) is 5.75 Å². The Labute approximate surface area is 202 Å². The quantitative estimate of drug-likeness (QED) is 0.479. The summed E-state index contributed by atoms with van der Waals surface area (Å²) in [4.78, 5) is 40.8. The molecule has 2 saturated heterocycles. The zero-order chi connectivity index (χ0) is 23.2. The van der Waals surface area contributed by atoms with Gasteiger partial charge in [-0.25, -0.2) is 4.90 Å². The summed E-state index contributed by atoms with van der Waals surface area (Å²) in [5.41, 5.74) is -1.01. The van der Waals surface area contributed by atoms with Crippen molar-refractivity contribution in [3.63, 3.8) is 0 Å². The number of carbonyl (C=O) groups is 3. The molecule has 3 N–H and O–H groups in total. The normalized spacial score (nSPS) is 27.1. The fourth-order valence-electron chi connectivity index (χ4n) is 4.71. The highest BCUT2D eigenvalue weighted by atomic mass is 79.9. The van der Waals surface area contributed by atoms with Gasteiger partial charge in [-0.15, -0.1) is 0 Å². The lowest BCUT2D eigenvalue weighted by atomic mass is 9.78. The van der Waals surface area contributed by atoms with Gasteiger partial charge in [-0.3, -0.25) is 19.7 Å². The Morgan fingerprint density at radius 2 is 2.00 bits per heavy atom. The number of phenolic OH excluding ortho intramolecular Hbond substituents is 1. The average Bonchev–Trinajstić information content (AvgIpc) is 3.23. The number of imide groups is 1. The van der Waals surface area contributed by atoms with Crippen LogP contribution in [0.25, 0.3) is 0 Å². The van der Waals surface area contributed by atoms with E-state index in [2.05, 4.69) is 21.2 Å². The first-order chi connectivity index (χ1) is 15.2. The van der Waals surface area contributed by atoms with E-state index >= 15 is 0 Å². The maximum atomic E-state index is 13.6. The van der Waals surface area contributed by atoms with Crippen LogP contribution in [-0.2, 0) is 14.4 Å². The second-order valence-corrected chi connectivity index (χ2v) is 10.2. The molecule has 2 aromatic carbocycles. The van der Waals surface area contributed by atoms with Crippen LogP contribution in [0.15, 0.2) is 46.9 Å². The number of halogens is 2. The van der Waals surface area contributed by atoms with E-state index in [0.717, 1.165) is 4.90 Å². The molecule has 0 unspecified atom stereocenters. The van der Waals surface area contributed by atoms with Gasteiger partial charge >= 0.3 is 5.97 Å². The maximum absolute atomic E-state index is 13.6. The van der Waals surface area contributed by atoms with E-state index in [0.29, 0.717) is 26.5 Å². The molecule has 4 atom stereocenters. The van der Waals surface area contributed by atoms with Crippen LogP contribution >= 0.6 is 39.3 Å². The lowest BCUT2D eigenvalue weighted by Gasteiger charge is -2.31. The van der Waals surface area contributed by atoms with E-state index < -0.39 is 41.2 Å². The molecule has 168 valence electrons. The van der Waals surface area contributed by atoms with Gasteiger partial charge in [-0.1, -0.05) is 33.6 Å². The highest BCUT2D eigenvalue weighted by Gasteiger charge is 2.68. The summed E-state index contributed by atoms with van der Waals surface area (Å²) >= 11 is 10.9. The molecule has 0 aromatic heterocycles. The number of rotatable bonds is 6. The van der Waals surface area contributed by atoms with Crippen LogP contribution in [0.1, 0.15) is 18.0 Å². The fourth-order valence-corrected chi connectivity index (χ4v) is 5.80. The summed E-state index contributed by atoms with van der Waals surface area (Å²) in [5, 5.41) is 24.3. The van der Waals surface area contributed by atoms with Crippen LogP contribution < -0.4 is 10.2 Å². The number of benzene rings is 2. The number of carbonyl (C=O) groups excluding carboxylic acids is 2. The number of hydrogen-bond acceptors (Lipinski definition) is 6. The van der Waals surface area contributed by atoms with Crippen LogP contribution in [0.3, 0.4) is 0 Å². The number of phenols is 1. The van der Waals surface area contributed by atoms with Gasteiger partial charge in [0.15, 0.2) is 0 Å². The Kier molecular flexibility index (Phi) is 6.28. The molecular weight excluding hydrogens is 520 g/mol. The first-order valence-electron chi connectivity index (χ1n) is 9.83. The molecular formula is C22H20BrClN2O5S. The van der Waals surface area contributed by atoms with Crippen LogP contribution in [0.2, 0.25) is 5.02 Å². The van der Waals surface area contributed by atoms with Crippen molar-refractivity contribution in [3.8, 4) is 5.75 Å². The fraction of sp³-hybridized carbons (Fsp3) is 0.318. The van der Waals surface area contributed by atoms with Crippen molar-refractivity contribution in [2.75, 3.05) is 16.9 Å². The van der Waals surface area contributed by atoms with E-state index in [1.807, 2.05) is 6.26 Å². The number of carboxylic acids is 1. The van der Waals surface area contributed by atoms with Gasteiger partial charge in [-0.2, -0.15) is 11.8 Å². The van der Waals surface area contributed by atoms with Crippen molar-refractivity contribution < 1.29 is 24.6 Å². The van der Waals surface area contributed by atoms with Gasteiger partial charge in [0.1, 0.15) is 11.3 Å². The summed E-state index contributed by atoms with van der Waals surface area (Å²) in [6.07, 6.45) is 1.98. The number of thioether (sulfide) groups is 1. The Morgan fingerprint density at radius 1 is 1.25 bits per heavy atom. The monoisotopic (exact) mass is 538 g/mol. The molecule has 0 bridgehead atoms.